The van der Waals surface area contributed by atoms with Gasteiger partial charge in [0.25, 0.3) is 0 Å². The number of aromatic nitrogens is 2. The molecule has 2 aromatic rings. The summed E-state index contributed by atoms with van der Waals surface area (Å²) in [7, 11) is 0. The lowest BCUT2D eigenvalue weighted by Crippen LogP contribution is -2.25. The molecule has 1 atom stereocenters. The van der Waals surface area contributed by atoms with Crippen molar-refractivity contribution in [1.29, 1.82) is 0 Å². The summed E-state index contributed by atoms with van der Waals surface area (Å²) in [4.78, 5) is 14.0. The van der Waals surface area contributed by atoms with E-state index in [0.29, 0.717) is 12.3 Å². The van der Waals surface area contributed by atoms with Crippen LogP contribution in [0, 0.1) is 12.8 Å². The Kier molecular flexibility index (Phi) is 3.61. The van der Waals surface area contributed by atoms with Gasteiger partial charge in [-0.05, 0) is 18.4 Å². The Hall–Kier alpha value is -1.62. The predicted octanol–water partition coefficient (Wildman–Crippen LogP) is 3.13. The summed E-state index contributed by atoms with van der Waals surface area (Å²) in [5.41, 5.74) is 3.10. The number of nitrogens with one attached hydrogen (secondary N) is 1. The van der Waals surface area contributed by atoms with Crippen LogP contribution in [0.15, 0.2) is 30.3 Å². The second kappa shape index (κ2) is 5.40. The summed E-state index contributed by atoms with van der Waals surface area (Å²) in [6, 6.07) is 10.1. The Labute approximate surface area is 126 Å². The number of amides is 1. The summed E-state index contributed by atoms with van der Waals surface area (Å²) in [6.45, 7) is 2.72. The minimum absolute atomic E-state index is 0.151. The maximum absolute atomic E-state index is 12.2. The number of alkyl halides is 1. The maximum atomic E-state index is 12.2. The molecule has 0 radical (unpaired) electrons. The highest BCUT2D eigenvalue weighted by Gasteiger charge is 2.33. The van der Waals surface area contributed by atoms with Crippen LogP contribution >= 0.6 is 15.9 Å². The van der Waals surface area contributed by atoms with E-state index < -0.39 is 0 Å². The molecule has 0 spiro atoms. The van der Waals surface area contributed by atoms with Gasteiger partial charge in [-0.15, -0.1) is 0 Å². The molecule has 1 N–H and O–H groups in total. The topological polar surface area (TPSA) is 49.0 Å². The number of anilines is 1. The Morgan fingerprint density at radius 1 is 1.40 bits per heavy atom. The van der Waals surface area contributed by atoms with Crippen molar-refractivity contribution in [2.45, 2.75) is 13.3 Å². The van der Waals surface area contributed by atoms with E-state index in [0.717, 1.165) is 34.5 Å². The summed E-state index contributed by atoms with van der Waals surface area (Å²) < 4.78 is 0. The number of rotatable bonds is 3. The average Bonchev–Trinajstić information content (AvgIpc) is 3.02. The third kappa shape index (κ3) is 2.26. The van der Waals surface area contributed by atoms with Crippen molar-refractivity contribution in [1.82, 2.24) is 10.2 Å². The van der Waals surface area contributed by atoms with Crippen LogP contribution in [-0.4, -0.2) is 28.0 Å². The average molecular weight is 334 g/mol. The fourth-order valence-electron chi connectivity index (χ4n) is 2.65. The van der Waals surface area contributed by atoms with E-state index in [-0.39, 0.29) is 5.91 Å². The highest BCUT2D eigenvalue weighted by molar-refractivity contribution is 9.09. The van der Waals surface area contributed by atoms with Crippen LogP contribution in [-0.2, 0) is 4.79 Å². The molecule has 2 heterocycles. The van der Waals surface area contributed by atoms with Gasteiger partial charge in [0.15, 0.2) is 5.82 Å². The van der Waals surface area contributed by atoms with Gasteiger partial charge in [0, 0.05) is 29.6 Å². The first kappa shape index (κ1) is 13.4. The van der Waals surface area contributed by atoms with Gasteiger partial charge in [-0.25, -0.2) is 0 Å². The van der Waals surface area contributed by atoms with E-state index >= 15 is 0 Å². The number of aryl methyl sites for hydroxylation is 1. The summed E-state index contributed by atoms with van der Waals surface area (Å²) in [5.74, 6) is 1.27. The van der Waals surface area contributed by atoms with Crippen LogP contribution in [0.5, 0.6) is 0 Å². The van der Waals surface area contributed by atoms with Gasteiger partial charge < -0.3 is 0 Å². The molecule has 5 heteroatoms. The van der Waals surface area contributed by atoms with Crippen molar-refractivity contribution in [3.05, 3.63) is 36.0 Å². The molecule has 4 nitrogen and oxygen atoms in total. The van der Waals surface area contributed by atoms with Crippen LogP contribution < -0.4 is 4.90 Å². The number of carbonyl (C=O) groups is 1. The molecule has 20 heavy (non-hydrogen) atoms. The third-order valence-electron chi connectivity index (χ3n) is 3.67. The monoisotopic (exact) mass is 333 g/mol. The smallest absolute Gasteiger partial charge is 0.228 e. The van der Waals surface area contributed by atoms with Gasteiger partial charge >= 0.3 is 0 Å². The number of halogens is 1. The van der Waals surface area contributed by atoms with E-state index in [1.165, 1.54) is 0 Å². The van der Waals surface area contributed by atoms with Gasteiger partial charge in [-0.3, -0.25) is 14.8 Å². The largest absolute Gasteiger partial charge is 0.294 e. The highest BCUT2D eigenvalue weighted by Crippen LogP contribution is 2.35. The molecular weight excluding hydrogens is 318 g/mol. The van der Waals surface area contributed by atoms with Crippen LogP contribution in [0.1, 0.15) is 12.1 Å². The van der Waals surface area contributed by atoms with E-state index in [1.54, 1.807) is 4.90 Å². The summed E-state index contributed by atoms with van der Waals surface area (Å²) in [6.07, 6.45) is 0.589. The lowest BCUT2D eigenvalue weighted by atomic mass is 10.1. The van der Waals surface area contributed by atoms with Gasteiger partial charge in [0.1, 0.15) is 0 Å². The predicted molar refractivity (Wildman–Crippen MR) is 83.0 cm³/mol. The molecule has 3 rings (SSSR count). The Balaban J connectivity index is 2.02. The highest BCUT2D eigenvalue weighted by atomic mass is 79.9. The van der Waals surface area contributed by atoms with Gasteiger partial charge in [0.05, 0.1) is 0 Å². The zero-order valence-electron chi connectivity index (χ0n) is 11.3. The number of benzene rings is 1. The number of nitrogens with zero attached hydrogens (tertiary/aromatic N) is 2. The lowest BCUT2D eigenvalue weighted by Gasteiger charge is -2.15. The number of carbonyl (C=O) groups excluding carboxylic acids is 1. The number of H-pyrrole nitrogens is 1. The Morgan fingerprint density at radius 2 is 2.15 bits per heavy atom. The molecule has 1 aromatic heterocycles. The number of hydrogen-bond acceptors (Lipinski definition) is 2. The van der Waals surface area contributed by atoms with Crippen molar-refractivity contribution in [2.75, 3.05) is 16.8 Å². The second-order valence-corrected chi connectivity index (χ2v) is 5.79. The fraction of sp³-hybridized carbons (Fsp3) is 0.333. The number of hydrogen-bond donors (Lipinski definition) is 1. The van der Waals surface area contributed by atoms with E-state index in [4.69, 9.17) is 0 Å². The van der Waals surface area contributed by atoms with E-state index in [9.17, 15) is 4.79 Å². The minimum atomic E-state index is 0.151. The van der Waals surface area contributed by atoms with Gasteiger partial charge in [-0.1, -0.05) is 46.3 Å². The molecule has 1 saturated heterocycles. The maximum Gasteiger partial charge on any atom is 0.228 e. The summed E-state index contributed by atoms with van der Waals surface area (Å²) >= 11 is 3.47. The first-order valence-electron chi connectivity index (χ1n) is 6.67. The first-order valence-corrected chi connectivity index (χ1v) is 7.79. The Bertz CT molecular complexity index is 623. The standard InChI is InChI=1S/C15H16BrN3O/c1-10-14(12-5-3-2-4-6-12)15(18-17-10)19-9-11(8-16)7-13(19)20/h2-6,11H,7-9H2,1H3,(H,17,18). The van der Waals surface area contributed by atoms with Gasteiger partial charge in [-0.2, -0.15) is 5.10 Å². The Morgan fingerprint density at radius 3 is 2.80 bits per heavy atom. The summed E-state index contributed by atoms with van der Waals surface area (Å²) in [5, 5.41) is 8.22. The number of aromatic amines is 1. The molecule has 1 amide bonds. The lowest BCUT2D eigenvalue weighted by molar-refractivity contribution is -0.117. The van der Waals surface area contributed by atoms with Crippen LogP contribution in [0.4, 0.5) is 5.82 Å². The van der Waals surface area contributed by atoms with Crippen LogP contribution in [0.3, 0.4) is 0 Å². The first-order chi connectivity index (χ1) is 9.70. The molecule has 1 unspecified atom stereocenters. The van der Waals surface area contributed by atoms with E-state index in [2.05, 4.69) is 26.1 Å². The molecule has 1 aliphatic heterocycles. The van der Waals surface area contributed by atoms with Crippen LogP contribution in [0.25, 0.3) is 11.1 Å². The van der Waals surface area contributed by atoms with Crippen molar-refractivity contribution < 1.29 is 4.79 Å². The van der Waals surface area contributed by atoms with Crippen molar-refractivity contribution in [3.63, 3.8) is 0 Å². The quantitative estimate of drug-likeness (QED) is 0.877. The normalized spacial score (nSPS) is 18.8. The molecule has 0 bridgehead atoms. The van der Waals surface area contributed by atoms with Crippen molar-refractivity contribution in [2.24, 2.45) is 5.92 Å². The molecule has 104 valence electrons. The van der Waals surface area contributed by atoms with Crippen molar-refractivity contribution >= 4 is 27.7 Å². The molecular formula is C15H16BrN3O. The zero-order valence-corrected chi connectivity index (χ0v) is 12.9. The molecule has 1 aromatic carbocycles. The molecule has 1 aliphatic rings. The zero-order chi connectivity index (χ0) is 14.1. The van der Waals surface area contributed by atoms with Crippen LogP contribution in [0.2, 0.25) is 0 Å². The minimum Gasteiger partial charge on any atom is -0.294 e. The fourth-order valence-corrected chi connectivity index (χ4v) is 3.09. The third-order valence-corrected chi connectivity index (χ3v) is 4.59. The SMILES string of the molecule is Cc1[nH]nc(N2CC(CBr)CC2=O)c1-c1ccccc1. The molecule has 0 aliphatic carbocycles. The van der Waals surface area contributed by atoms with Crippen molar-refractivity contribution in [3.8, 4) is 11.1 Å². The van der Waals surface area contributed by atoms with E-state index in [1.807, 2.05) is 37.3 Å². The molecule has 0 saturated carbocycles. The van der Waals surface area contributed by atoms with Gasteiger partial charge in [0.2, 0.25) is 5.91 Å². The molecule has 1 fully saturated rings. The second-order valence-electron chi connectivity index (χ2n) is 5.14.